The average Bonchev–Trinajstić information content (AvgIpc) is 3.25. The minimum atomic E-state index is -3.49. The van der Waals surface area contributed by atoms with Crippen LogP contribution in [-0.2, 0) is 30.8 Å². The van der Waals surface area contributed by atoms with Crippen LogP contribution in [0, 0.1) is 0 Å². The summed E-state index contributed by atoms with van der Waals surface area (Å²) in [5.41, 5.74) is 1.24. The van der Waals surface area contributed by atoms with Gasteiger partial charge in [0.15, 0.2) is 6.10 Å². The maximum Gasteiger partial charge on any atom is 0.311 e. The zero-order valence-electron chi connectivity index (χ0n) is 16.2. The lowest BCUT2D eigenvalue weighted by molar-refractivity contribution is -0.152. The van der Waals surface area contributed by atoms with Gasteiger partial charge in [0, 0.05) is 18.8 Å². The maximum absolute atomic E-state index is 12.5. The van der Waals surface area contributed by atoms with Gasteiger partial charge in [0.25, 0.3) is 5.91 Å². The van der Waals surface area contributed by atoms with Gasteiger partial charge in [-0.2, -0.15) is 4.31 Å². The molecule has 1 heterocycles. The third-order valence-corrected chi connectivity index (χ3v) is 6.61. The normalized spacial score (nSPS) is 15.6. The number of hydrogen-bond acceptors (Lipinski definition) is 5. The Hall–Kier alpha value is -2.71. The Labute approximate surface area is 170 Å². The second-order valence-electron chi connectivity index (χ2n) is 6.92. The number of anilines is 1. The van der Waals surface area contributed by atoms with Crippen molar-refractivity contribution in [3.63, 3.8) is 0 Å². The maximum atomic E-state index is 12.5. The lowest BCUT2D eigenvalue weighted by Crippen LogP contribution is -2.30. The third kappa shape index (κ3) is 5.42. The molecule has 1 amide bonds. The Balaban J connectivity index is 1.55. The number of rotatable bonds is 7. The van der Waals surface area contributed by atoms with Gasteiger partial charge < -0.3 is 10.1 Å². The molecular weight excluding hydrogens is 392 g/mol. The fourth-order valence-electron chi connectivity index (χ4n) is 3.09. The minimum absolute atomic E-state index is 0.0848. The van der Waals surface area contributed by atoms with Crippen LogP contribution in [-0.4, -0.2) is 43.8 Å². The van der Waals surface area contributed by atoms with E-state index in [1.54, 1.807) is 0 Å². The molecule has 154 valence electrons. The van der Waals surface area contributed by atoms with Crippen molar-refractivity contribution in [3.8, 4) is 0 Å². The molecule has 7 nitrogen and oxygen atoms in total. The Morgan fingerprint density at radius 2 is 1.66 bits per heavy atom. The highest BCUT2D eigenvalue weighted by Crippen LogP contribution is 2.22. The van der Waals surface area contributed by atoms with Crippen molar-refractivity contribution >= 4 is 27.6 Å². The van der Waals surface area contributed by atoms with Crippen LogP contribution < -0.4 is 5.32 Å². The van der Waals surface area contributed by atoms with Gasteiger partial charge in [0.1, 0.15) is 0 Å². The fraction of sp³-hybridized carbons (Fsp3) is 0.333. The molecule has 1 fully saturated rings. The van der Waals surface area contributed by atoms with Gasteiger partial charge in [-0.05, 0) is 49.6 Å². The van der Waals surface area contributed by atoms with Gasteiger partial charge in [-0.25, -0.2) is 8.42 Å². The van der Waals surface area contributed by atoms with Gasteiger partial charge in [0.05, 0.1) is 11.3 Å². The van der Waals surface area contributed by atoms with Crippen LogP contribution in [0.4, 0.5) is 5.69 Å². The van der Waals surface area contributed by atoms with Crippen molar-refractivity contribution in [1.29, 1.82) is 0 Å². The second kappa shape index (κ2) is 9.19. The van der Waals surface area contributed by atoms with Crippen molar-refractivity contribution in [3.05, 3.63) is 60.2 Å². The summed E-state index contributed by atoms with van der Waals surface area (Å²) >= 11 is 0. The van der Waals surface area contributed by atoms with E-state index in [1.807, 2.05) is 30.3 Å². The molecule has 3 rings (SSSR count). The molecule has 0 spiro atoms. The van der Waals surface area contributed by atoms with Crippen LogP contribution >= 0.6 is 0 Å². The quantitative estimate of drug-likeness (QED) is 0.701. The molecule has 2 aromatic carbocycles. The molecule has 2 aromatic rings. The SMILES string of the molecule is C[C@H](OC(=O)Cc1ccccc1)C(=O)Nc1ccc(S(=O)(=O)N2CCCC2)cc1. The van der Waals surface area contributed by atoms with Crippen LogP contribution in [0.2, 0.25) is 0 Å². The van der Waals surface area contributed by atoms with Gasteiger partial charge in [-0.15, -0.1) is 0 Å². The van der Waals surface area contributed by atoms with Crippen molar-refractivity contribution in [1.82, 2.24) is 4.31 Å². The van der Waals surface area contributed by atoms with Crippen LogP contribution in [0.15, 0.2) is 59.5 Å². The predicted octanol–water partition coefficient (Wildman–Crippen LogP) is 2.58. The molecule has 0 unspecified atom stereocenters. The van der Waals surface area contributed by atoms with Crippen LogP contribution in [0.25, 0.3) is 0 Å². The van der Waals surface area contributed by atoms with Crippen molar-refractivity contribution in [2.24, 2.45) is 0 Å². The van der Waals surface area contributed by atoms with Gasteiger partial charge in [-0.3, -0.25) is 9.59 Å². The zero-order chi connectivity index (χ0) is 20.9. The number of ether oxygens (including phenoxy) is 1. The standard InChI is InChI=1S/C21H24N2O5S/c1-16(28-20(24)15-17-7-3-2-4-8-17)21(25)22-18-9-11-19(12-10-18)29(26,27)23-13-5-6-14-23/h2-4,7-12,16H,5-6,13-15H2,1H3,(H,22,25)/t16-/m0/s1. The number of esters is 1. The van der Waals surface area contributed by atoms with E-state index in [4.69, 9.17) is 4.74 Å². The molecule has 0 radical (unpaired) electrons. The molecular formula is C21H24N2O5S. The van der Waals surface area contributed by atoms with Gasteiger partial charge >= 0.3 is 5.97 Å². The summed E-state index contributed by atoms with van der Waals surface area (Å²) in [6, 6.07) is 15.1. The van der Waals surface area contributed by atoms with Crippen LogP contribution in [0.3, 0.4) is 0 Å². The molecule has 0 bridgehead atoms. The van der Waals surface area contributed by atoms with E-state index in [1.165, 1.54) is 35.5 Å². The summed E-state index contributed by atoms with van der Waals surface area (Å²) in [6.07, 6.45) is 0.850. The van der Waals surface area contributed by atoms with Crippen molar-refractivity contribution < 1.29 is 22.7 Å². The molecule has 1 saturated heterocycles. The molecule has 29 heavy (non-hydrogen) atoms. The number of nitrogens with one attached hydrogen (secondary N) is 1. The predicted molar refractivity (Wildman–Crippen MR) is 109 cm³/mol. The number of sulfonamides is 1. The first kappa shape index (κ1) is 21.0. The summed E-state index contributed by atoms with van der Waals surface area (Å²) < 4.78 is 31.7. The molecule has 0 aromatic heterocycles. The first-order chi connectivity index (χ1) is 13.9. The summed E-state index contributed by atoms with van der Waals surface area (Å²) in [6.45, 7) is 2.56. The molecule has 1 N–H and O–H groups in total. The van der Waals surface area contributed by atoms with E-state index >= 15 is 0 Å². The van der Waals surface area contributed by atoms with Crippen molar-refractivity contribution in [2.45, 2.75) is 37.2 Å². The second-order valence-corrected chi connectivity index (χ2v) is 8.86. The fourth-order valence-corrected chi connectivity index (χ4v) is 4.60. The molecule has 8 heteroatoms. The highest BCUT2D eigenvalue weighted by atomic mass is 32.2. The zero-order valence-corrected chi connectivity index (χ0v) is 17.0. The summed E-state index contributed by atoms with van der Waals surface area (Å²) in [5, 5.41) is 2.63. The van der Waals surface area contributed by atoms with E-state index in [-0.39, 0.29) is 11.3 Å². The minimum Gasteiger partial charge on any atom is -0.452 e. The van der Waals surface area contributed by atoms with Crippen LogP contribution in [0.1, 0.15) is 25.3 Å². The summed E-state index contributed by atoms with van der Waals surface area (Å²) in [4.78, 5) is 24.5. The molecule has 1 atom stereocenters. The largest absolute Gasteiger partial charge is 0.452 e. The van der Waals surface area contributed by atoms with E-state index in [0.717, 1.165) is 18.4 Å². The Morgan fingerprint density at radius 3 is 2.28 bits per heavy atom. The number of carbonyl (C=O) groups excluding carboxylic acids is 2. The Bertz CT molecular complexity index is 952. The number of amides is 1. The number of carbonyl (C=O) groups is 2. The van der Waals surface area contributed by atoms with E-state index in [2.05, 4.69) is 5.32 Å². The lowest BCUT2D eigenvalue weighted by Gasteiger charge is -2.16. The topological polar surface area (TPSA) is 92.8 Å². The molecule has 0 saturated carbocycles. The number of hydrogen-bond donors (Lipinski definition) is 1. The highest BCUT2D eigenvalue weighted by molar-refractivity contribution is 7.89. The average molecular weight is 416 g/mol. The summed E-state index contributed by atoms with van der Waals surface area (Å²) in [5.74, 6) is -0.979. The Kier molecular flexibility index (Phi) is 6.66. The number of nitrogens with zero attached hydrogens (tertiary/aromatic N) is 1. The molecule has 0 aliphatic carbocycles. The smallest absolute Gasteiger partial charge is 0.311 e. The van der Waals surface area contributed by atoms with Crippen molar-refractivity contribution in [2.75, 3.05) is 18.4 Å². The highest BCUT2D eigenvalue weighted by Gasteiger charge is 2.27. The number of benzene rings is 2. The van der Waals surface area contributed by atoms with Gasteiger partial charge in [0.2, 0.25) is 10.0 Å². The summed E-state index contributed by atoms with van der Waals surface area (Å²) in [7, 11) is -3.49. The molecule has 1 aliphatic heterocycles. The first-order valence-corrected chi connectivity index (χ1v) is 10.9. The van der Waals surface area contributed by atoms with Crippen LogP contribution in [0.5, 0.6) is 0 Å². The van der Waals surface area contributed by atoms with E-state index in [0.29, 0.717) is 18.8 Å². The lowest BCUT2D eigenvalue weighted by atomic mass is 10.1. The van der Waals surface area contributed by atoms with Gasteiger partial charge in [-0.1, -0.05) is 30.3 Å². The Morgan fingerprint density at radius 1 is 1.03 bits per heavy atom. The first-order valence-electron chi connectivity index (χ1n) is 9.51. The monoisotopic (exact) mass is 416 g/mol. The molecule has 1 aliphatic rings. The third-order valence-electron chi connectivity index (χ3n) is 4.69. The van der Waals surface area contributed by atoms with E-state index < -0.39 is 28.0 Å². The van der Waals surface area contributed by atoms with E-state index in [9.17, 15) is 18.0 Å².